The van der Waals surface area contributed by atoms with E-state index in [2.05, 4.69) is 10.5 Å². The van der Waals surface area contributed by atoms with Gasteiger partial charge < -0.3 is 4.18 Å². The molecule has 0 fully saturated rings. The molecule has 160 valence electrons. The monoisotopic (exact) mass is 464 g/mol. The van der Waals surface area contributed by atoms with Crippen LogP contribution >= 0.6 is 11.6 Å². The fraction of sp³-hybridized carbons (Fsp3) is 0. The van der Waals surface area contributed by atoms with Crippen molar-refractivity contribution < 1.29 is 17.4 Å². The predicted octanol–water partition coefficient (Wildman–Crippen LogP) is 5.02. The van der Waals surface area contributed by atoms with Crippen LogP contribution in [0.4, 0.5) is 0 Å². The van der Waals surface area contributed by atoms with E-state index in [1.165, 1.54) is 18.3 Å². The Labute approximate surface area is 190 Å². The molecule has 0 bridgehead atoms. The summed E-state index contributed by atoms with van der Waals surface area (Å²) in [4.78, 5) is 12.2. The van der Waals surface area contributed by atoms with Crippen molar-refractivity contribution in [1.82, 2.24) is 5.43 Å². The predicted molar refractivity (Wildman–Crippen MR) is 125 cm³/mol. The molecular formula is C24H17ClN2O4S. The van der Waals surface area contributed by atoms with E-state index in [1.807, 2.05) is 24.3 Å². The Hall–Kier alpha value is -3.68. The van der Waals surface area contributed by atoms with Crippen molar-refractivity contribution >= 4 is 44.6 Å². The molecule has 6 nitrogen and oxygen atoms in total. The van der Waals surface area contributed by atoms with Crippen molar-refractivity contribution in [2.45, 2.75) is 4.90 Å². The van der Waals surface area contributed by atoms with E-state index in [1.54, 1.807) is 54.6 Å². The number of fused-ring (bicyclic) bond motifs is 1. The number of hydrazone groups is 1. The zero-order valence-corrected chi connectivity index (χ0v) is 18.2. The van der Waals surface area contributed by atoms with Gasteiger partial charge in [-0.05, 0) is 59.3 Å². The van der Waals surface area contributed by atoms with Gasteiger partial charge in [0.15, 0.2) is 5.75 Å². The van der Waals surface area contributed by atoms with E-state index >= 15 is 0 Å². The van der Waals surface area contributed by atoms with Gasteiger partial charge in [-0.1, -0.05) is 54.1 Å². The summed E-state index contributed by atoms with van der Waals surface area (Å²) < 4.78 is 31.1. The molecular weight excluding hydrogens is 448 g/mol. The smallest absolute Gasteiger partial charge is 0.339 e. The molecule has 32 heavy (non-hydrogen) atoms. The number of benzene rings is 4. The maximum Gasteiger partial charge on any atom is 0.339 e. The van der Waals surface area contributed by atoms with Gasteiger partial charge in [-0.2, -0.15) is 13.5 Å². The molecule has 0 aromatic heterocycles. The van der Waals surface area contributed by atoms with Crippen molar-refractivity contribution in [1.29, 1.82) is 0 Å². The van der Waals surface area contributed by atoms with Crippen LogP contribution in [-0.4, -0.2) is 20.5 Å². The fourth-order valence-corrected chi connectivity index (χ4v) is 4.09. The van der Waals surface area contributed by atoms with E-state index in [4.69, 9.17) is 15.8 Å². The number of carbonyl (C=O) groups excluding carboxylic acids is 1. The number of nitrogens with one attached hydrogen (secondary N) is 1. The van der Waals surface area contributed by atoms with Gasteiger partial charge in [-0.15, -0.1) is 0 Å². The molecule has 0 atom stereocenters. The lowest BCUT2D eigenvalue weighted by Crippen LogP contribution is -2.17. The highest BCUT2D eigenvalue weighted by molar-refractivity contribution is 7.87. The van der Waals surface area contributed by atoms with Crippen molar-refractivity contribution in [3.63, 3.8) is 0 Å². The molecule has 0 radical (unpaired) electrons. The molecule has 0 aliphatic rings. The molecule has 1 N–H and O–H groups in total. The summed E-state index contributed by atoms with van der Waals surface area (Å²) in [6, 6.07) is 25.1. The van der Waals surface area contributed by atoms with Crippen molar-refractivity contribution in [3.05, 3.63) is 107 Å². The SMILES string of the molecule is O=C(N/N=C\c1ccccc1OS(=O)(=O)c1ccc2ccccc2c1)c1ccc(Cl)cc1. The highest BCUT2D eigenvalue weighted by Gasteiger charge is 2.18. The first-order chi connectivity index (χ1) is 15.4. The third kappa shape index (κ3) is 4.96. The van der Waals surface area contributed by atoms with Crippen LogP contribution in [0, 0.1) is 0 Å². The van der Waals surface area contributed by atoms with Gasteiger partial charge in [-0.25, -0.2) is 5.43 Å². The normalized spacial score (nSPS) is 11.5. The summed E-state index contributed by atoms with van der Waals surface area (Å²) in [6.45, 7) is 0. The third-order valence-electron chi connectivity index (χ3n) is 4.60. The highest BCUT2D eigenvalue weighted by Crippen LogP contribution is 2.24. The van der Waals surface area contributed by atoms with Crippen LogP contribution in [0.1, 0.15) is 15.9 Å². The minimum absolute atomic E-state index is 0.0407. The molecule has 0 aliphatic heterocycles. The van der Waals surface area contributed by atoms with Crippen molar-refractivity contribution in [3.8, 4) is 5.75 Å². The first kappa shape index (κ1) is 21.5. The molecule has 0 unspecified atom stereocenters. The van der Waals surface area contributed by atoms with Gasteiger partial charge in [0.05, 0.1) is 6.21 Å². The summed E-state index contributed by atoms with van der Waals surface area (Å²) in [5.41, 5.74) is 3.16. The molecule has 8 heteroatoms. The van der Waals surface area contributed by atoms with E-state index in [9.17, 15) is 13.2 Å². The zero-order valence-electron chi connectivity index (χ0n) is 16.6. The van der Waals surface area contributed by atoms with Crippen LogP contribution in [0.25, 0.3) is 10.8 Å². The summed E-state index contributed by atoms with van der Waals surface area (Å²) in [5, 5.41) is 6.14. The third-order valence-corrected chi connectivity index (χ3v) is 6.09. The number of hydrogen-bond donors (Lipinski definition) is 1. The molecule has 0 spiro atoms. The second-order valence-corrected chi connectivity index (χ2v) is 8.77. The number of para-hydroxylation sites is 1. The summed E-state index contributed by atoms with van der Waals surface area (Å²) in [6.07, 6.45) is 1.32. The Bertz CT molecular complexity index is 1420. The van der Waals surface area contributed by atoms with E-state index in [0.29, 0.717) is 16.1 Å². The largest absolute Gasteiger partial charge is 0.378 e. The lowest BCUT2D eigenvalue weighted by atomic mass is 10.1. The van der Waals surface area contributed by atoms with Gasteiger partial charge >= 0.3 is 10.1 Å². The first-order valence-electron chi connectivity index (χ1n) is 9.54. The van der Waals surface area contributed by atoms with Crippen LogP contribution in [-0.2, 0) is 10.1 Å². The van der Waals surface area contributed by atoms with Crippen LogP contribution in [0.15, 0.2) is 101 Å². The molecule has 1 amide bonds. The van der Waals surface area contributed by atoms with Gasteiger partial charge in [0.25, 0.3) is 5.91 Å². The molecule has 4 aromatic carbocycles. The molecule has 4 rings (SSSR count). The molecule has 0 saturated carbocycles. The number of halogens is 1. The first-order valence-corrected chi connectivity index (χ1v) is 11.3. The fourth-order valence-electron chi connectivity index (χ4n) is 2.98. The van der Waals surface area contributed by atoms with Gasteiger partial charge in [-0.3, -0.25) is 4.79 Å². The summed E-state index contributed by atoms with van der Waals surface area (Å²) in [7, 11) is -4.08. The lowest BCUT2D eigenvalue weighted by molar-refractivity contribution is 0.0955. The van der Waals surface area contributed by atoms with E-state index in [-0.39, 0.29) is 10.6 Å². The van der Waals surface area contributed by atoms with Crippen LogP contribution < -0.4 is 9.61 Å². The zero-order chi connectivity index (χ0) is 22.6. The minimum Gasteiger partial charge on any atom is -0.378 e. The number of rotatable bonds is 6. The van der Waals surface area contributed by atoms with E-state index in [0.717, 1.165) is 10.8 Å². The Morgan fingerprint density at radius 3 is 2.34 bits per heavy atom. The number of hydrogen-bond acceptors (Lipinski definition) is 5. The Morgan fingerprint density at radius 1 is 0.875 bits per heavy atom. The second-order valence-electron chi connectivity index (χ2n) is 6.79. The van der Waals surface area contributed by atoms with E-state index < -0.39 is 16.0 Å². The standard InChI is InChI=1S/C24H17ClN2O4S/c25-21-12-9-18(10-13-21)24(28)27-26-16-20-7-3-4-8-23(20)31-32(29,30)22-14-11-17-5-1-2-6-19(17)15-22/h1-16H,(H,27,28)/b26-16-. The maximum absolute atomic E-state index is 12.8. The summed E-state index contributed by atoms with van der Waals surface area (Å²) >= 11 is 5.82. The Balaban J connectivity index is 1.52. The number of carbonyl (C=O) groups is 1. The molecule has 4 aromatic rings. The number of amides is 1. The van der Waals surface area contributed by atoms with Crippen LogP contribution in [0.5, 0.6) is 5.75 Å². The molecule has 0 saturated heterocycles. The number of nitrogens with zero attached hydrogens (tertiary/aromatic N) is 1. The summed E-state index contributed by atoms with van der Waals surface area (Å²) in [5.74, 6) is -0.342. The lowest BCUT2D eigenvalue weighted by Gasteiger charge is -2.10. The van der Waals surface area contributed by atoms with Crippen LogP contribution in [0.3, 0.4) is 0 Å². The topological polar surface area (TPSA) is 84.8 Å². The van der Waals surface area contributed by atoms with Crippen LogP contribution in [0.2, 0.25) is 5.02 Å². The second kappa shape index (κ2) is 9.21. The highest BCUT2D eigenvalue weighted by atomic mass is 35.5. The average molecular weight is 465 g/mol. The molecule has 0 aliphatic carbocycles. The quantitative estimate of drug-likeness (QED) is 0.246. The average Bonchev–Trinajstić information content (AvgIpc) is 2.80. The minimum atomic E-state index is -4.08. The Morgan fingerprint density at radius 2 is 1.56 bits per heavy atom. The maximum atomic E-state index is 12.8. The Kier molecular flexibility index (Phi) is 6.20. The van der Waals surface area contributed by atoms with Gasteiger partial charge in [0.1, 0.15) is 4.90 Å². The van der Waals surface area contributed by atoms with Crippen molar-refractivity contribution in [2.24, 2.45) is 5.10 Å². The van der Waals surface area contributed by atoms with Gasteiger partial charge in [0.2, 0.25) is 0 Å². The van der Waals surface area contributed by atoms with Crippen molar-refractivity contribution in [2.75, 3.05) is 0 Å². The van der Waals surface area contributed by atoms with Gasteiger partial charge in [0, 0.05) is 16.1 Å². The molecule has 0 heterocycles.